The second kappa shape index (κ2) is 13.5. The molecule has 1 aliphatic rings. The average molecular weight is 368 g/mol. The lowest BCUT2D eigenvalue weighted by Crippen LogP contribution is -2.20. The van der Waals surface area contributed by atoms with E-state index in [1.807, 2.05) is 12.2 Å². The maximum absolute atomic E-state index is 10.3. The van der Waals surface area contributed by atoms with Gasteiger partial charge in [-0.05, 0) is 58.7 Å². The van der Waals surface area contributed by atoms with Crippen LogP contribution in [-0.4, -0.2) is 59.2 Å². The molecule has 0 unspecified atom stereocenters. The zero-order chi connectivity index (χ0) is 19.4. The Labute approximate surface area is 160 Å². The number of nitrogens with zero attached hydrogens (tertiary/aromatic N) is 1. The van der Waals surface area contributed by atoms with Gasteiger partial charge in [-0.25, -0.2) is 0 Å². The predicted octanol–water partition coefficient (Wildman–Crippen LogP) is 3.52. The Bertz CT molecular complexity index is 408. The van der Waals surface area contributed by atoms with Gasteiger partial charge in [-0.15, -0.1) is 0 Å². The Kier molecular flexibility index (Phi) is 12.1. The van der Waals surface area contributed by atoms with Crippen LogP contribution in [0.5, 0.6) is 0 Å². The molecule has 5 atom stereocenters. The summed E-state index contributed by atoms with van der Waals surface area (Å²) in [4.78, 5) is 2.20. The Morgan fingerprint density at radius 2 is 1.81 bits per heavy atom. The zero-order valence-corrected chi connectivity index (χ0v) is 17.1. The molecule has 4 nitrogen and oxygen atoms in total. The van der Waals surface area contributed by atoms with Gasteiger partial charge >= 0.3 is 0 Å². The highest BCUT2D eigenvalue weighted by atomic mass is 16.3. The van der Waals surface area contributed by atoms with Crippen LogP contribution in [0.25, 0.3) is 0 Å². The lowest BCUT2D eigenvalue weighted by atomic mass is 9.89. The SMILES string of the molecule is CCCCC[C@H](O)/C=C/[C@@H]1[C@H](C/C=C\CCCCN(C)C)[C@@H](O)C[C@H]1O. The van der Waals surface area contributed by atoms with E-state index in [0.29, 0.717) is 6.42 Å². The summed E-state index contributed by atoms with van der Waals surface area (Å²) in [6, 6.07) is 0. The van der Waals surface area contributed by atoms with Gasteiger partial charge in [-0.2, -0.15) is 0 Å². The molecule has 1 fully saturated rings. The van der Waals surface area contributed by atoms with Gasteiger partial charge in [0.15, 0.2) is 0 Å². The number of aliphatic hydroxyl groups is 3. The van der Waals surface area contributed by atoms with Crippen LogP contribution in [0.2, 0.25) is 0 Å². The molecule has 1 rings (SSSR count). The van der Waals surface area contributed by atoms with Gasteiger partial charge < -0.3 is 20.2 Å². The van der Waals surface area contributed by atoms with E-state index in [-0.39, 0.29) is 11.8 Å². The van der Waals surface area contributed by atoms with Crippen LogP contribution in [0.3, 0.4) is 0 Å². The van der Waals surface area contributed by atoms with E-state index in [2.05, 4.69) is 38.1 Å². The smallest absolute Gasteiger partial charge is 0.0721 e. The summed E-state index contributed by atoms with van der Waals surface area (Å²) in [5, 5.41) is 30.6. The van der Waals surface area contributed by atoms with Gasteiger partial charge in [-0.1, -0.05) is 50.5 Å². The highest BCUT2D eigenvalue weighted by Gasteiger charge is 2.39. The van der Waals surface area contributed by atoms with Gasteiger partial charge in [-0.3, -0.25) is 0 Å². The molecule has 0 saturated heterocycles. The molecule has 4 heteroatoms. The molecule has 0 radical (unpaired) electrons. The molecule has 0 aromatic carbocycles. The van der Waals surface area contributed by atoms with E-state index < -0.39 is 18.3 Å². The minimum absolute atomic E-state index is 0.0436. The number of rotatable bonds is 13. The van der Waals surface area contributed by atoms with Gasteiger partial charge in [0.1, 0.15) is 0 Å². The minimum Gasteiger partial charge on any atom is -0.393 e. The van der Waals surface area contributed by atoms with Crippen LogP contribution in [0, 0.1) is 11.8 Å². The standard InChI is InChI=1S/C22H41NO3/c1-4-5-9-12-18(24)14-15-20-19(21(25)17-22(20)26)13-10-7-6-8-11-16-23(2)3/h7,10,14-15,18-22,24-26H,4-6,8-9,11-13,16-17H2,1-3H3/b10-7-,15-14+/t18-,19-,20+,21-,22+/m0/s1. The summed E-state index contributed by atoms with van der Waals surface area (Å²) < 4.78 is 0. The van der Waals surface area contributed by atoms with Crippen LogP contribution in [0.4, 0.5) is 0 Å². The van der Waals surface area contributed by atoms with Crippen molar-refractivity contribution in [2.75, 3.05) is 20.6 Å². The maximum Gasteiger partial charge on any atom is 0.0721 e. The zero-order valence-electron chi connectivity index (χ0n) is 17.1. The summed E-state index contributed by atoms with van der Waals surface area (Å²) in [6.07, 6.45) is 15.4. The van der Waals surface area contributed by atoms with Crippen LogP contribution in [0.1, 0.15) is 64.7 Å². The third-order valence-corrected chi connectivity index (χ3v) is 5.38. The molecule has 0 aliphatic heterocycles. The van der Waals surface area contributed by atoms with Crippen molar-refractivity contribution in [3.8, 4) is 0 Å². The molecule has 1 saturated carbocycles. The van der Waals surface area contributed by atoms with Crippen molar-refractivity contribution in [1.29, 1.82) is 0 Å². The fourth-order valence-corrected chi connectivity index (χ4v) is 3.72. The van der Waals surface area contributed by atoms with E-state index in [9.17, 15) is 15.3 Å². The largest absolute Gasteiger partial charge is 0.393 e. The van der Waals surface area contributed by atoms with Crippen molar-refractivity contribution in [1.82, 2.24) is 4.90 Å². The van der Waals surface area contributed by atoms with E-state index in [1.54, 1.807) is 0 Å². The van der Waals surface area contributed by atoms with Gasteiger partial charge in [0.25, 0.3) is 0 Å². The van der Waals surface area contributed by atoms with Gasteiger partial charge in [0, 0.05) is 12.3 Å². The fourth-order valence-electron chi connectivity index (χ4n) is 3.72. The van der Waals surface area contributed by atoms with Crippen molar-refractivity contribution < 1.29 is 15.3 Å². The molecule has 3 N–H and O–H groups in total. The first-order valence-electron chi connectivity index (χ1n) is 10.5. The first kappa shape index (κ1) is 23.4. The lowest BCUT2D eigenvalue weighted by Gasteiger charge is -2.19. The second-order valence-electron chi connectivity index (χ2n) is 8.07. The molecular formula is C22H41NO3. The number of aliphatic hydroxyl groups excluding tert-OH is 3. The van der Waals surface area contributed by atoms with E-state index in [1.165, 1.54) is 12.8 Å². The van der Waals surface area contributed by atoms with E-state index in [4.69, 9.17) is 0 Å². The highest BCUT2D eigenvalue weighted by molar-refractivity contribution is 5.06. The number of allylic oxidation sites excluding steroid dienone is 2. The topological polar surface area (TPSA) is 63.9 Å². The van der Waals surface area contributed by atoms with Crippen LogP contribution in [0.15, 0.2) is 24.3 Å². The Morgan fingerprint density at radius 3 is 2.50 bits per heavy atom. The molecule has 0 aromatic heterocycles. The van der Waals surface area contributed by atoms with Crippen molar-refractivity contribution in [3.05, 3.63) is 24.3 Å². The summed E-state index contributed by atoms with van der Waals surface area (Å²) in [5.74, 6) is -0.0219. The van der Waals surface area contributed by atoms with Gasteiger partial charge in [0.2, 0.25) is 0 Å². The Balaban J connectivity index is 2.41. The Hall–Kier alpha value is -0.680. The number of hydrogen-bond donors (Lipinski definition) is 3. The summed E-state index contributed by atoms with van der Waals surface area (Å²) >= 11 is 0. The van der Waals surface area contributed by atoms with Crippen molar-refractivity contribution in [2.24, 2.45) is 11.8 Å². The first-order valence-corrected chi connectivity index (χ1v) is 10.5. The van der Waals surface area contributed by atoms with E-state index in [0.717, 1.165) is 45.1 Å². The molecule has 0 bridgehead atoms. The van der Waals surface area contributed by atoms with Crippen LogP contribution < -0.4 is 0 Å². The van der Waals surface area contributed by atoms with Crippen LogP contribution >= 0.6 is 0 Å². The van der Waals surface area contributed by atoms with E-state index >= 15 is 0 Å². The summed E-state index contributed by atoms with van der Waals surface area (Å²) in [7, 11) is 4.19. The number of unbranched alkanes of at least 4 members (excludes halogenated alkanes) is 4. The average Bonchev–Trinajstić information content (AvgIpc) is 2.85. The molecule has 0 spiro atoms. The molecule has 0 heterocycles. The predicted molar refractivity (Wildman–Crippen MR) is 109 cm³/mol. The summed E-state index contributed by atoms with van der Waals surface area (Å²) in [5.41, 5.74) is 0. The molecule has 152 valence electrons. The normalized spacial score (nSPS) is 28.0. The first-order chi connectivity index (χ1) is 12.5. The van der Waals surface area contributed by atoms with Crippen molar-refractivity contribution >= 4 is 0 Å². The third kappa shape index (κ3) is 9.31. The van der Waals surface area contributed by atoms with Gasteiger partial charge in [0.05, 0.1) is 18.3 Å². The quantitative estimate of drug-likeness (QED) is 0.344. The van der Waals surface area contributed by atoms with Crippen molar-refractivity contribution in [3.63, 3.8) is 0 Å². The molecular weight excluding hydrogens is 326 g/mol. The van der Waals surface area contributed by atoms with Crippen molar-refractivity contribution in [2.45, 2.75) is 83.0 Å². The summed E-state index contributed by atoms with van der Waals surface area (Å²) in [6.45, 7) is 3.27. The number of hydrogen-bond acceptors (Lipinski definition) is 4. The second-order valence-corrected chi connectivity index (χ2v) is 8.07. The Morgan fingerprint density at radius 1 is 1.04 bits per heavy atom. The molecule has 1 aliphatic carbocycles. The maximum atomic E-state index is 10.3. The minimum atomic E-state index is -0.511. The lowest BCUT2D eigenvalue weighted by molar-refractivity contribution is 0.120. The molecule has 0 amide bonds. The fraction of sp³-hybridized carbons (Fsp3) is 0.818. The molecule has 26 heavy (non-hydrogen) atoms. The van der Waals surface area contributed by atoms with Crippen LogP contribution in [-0.2, 0) is 0 Å². The monoisotopic (exact) mass is 367 g/mol. The highest BCUT2D eigenvalue weighted by Crippen LogP contribution is 2.36. The third-order valence-electron chi connectivity index (χ3n) is 5.38. The molecule has 0 aromatic rings.